The van der Waals surface area contributed by atoms with Crippen LogP contribution in [0, 0.1) is 0 Å². The van der Waals surface area contributed by atoms with E-state index in [0.29, 0.717) is 0 Å². The lowest BCUT2D eigenvalue weighted by molar-refractivity contribution is -0.150. The average Bonchev–Trinajstić information content (AvgIpc) is 3.13. The van der Waals surface area contributed by atoms with E-state index in [2.05, 4.69) is 25.0 Å². The zero-order chi connectivity index (χ0) is 22.0. The molecule has 0 aromatic carbocycles. The molecular formula is C15H16N6O7S2. The number of fused-ring (bicyclic) bond motifs is 1. The Bertz CT molecular complexity index is 974. The fourth-order valence-electron chi connectivity index (χ4n) is 2.85. The highest BCUT2D eigenvalue weighted by atomic mass is 32.2. The van der Waals surface area contributed by atoms with Crippen molar-refractivity contribution in [3.63, 3.8) is 0 Å². The molecule has 30 heavy (non-hydrogen) atoms. The second-order valence-corrected chi connectivity index (χ2v) is 7.91. The Hall–Kier alpha value is -3.33. The van der Waals surface area contributed by atoms with E-state index in [1.807, 2.05) is 0 Å². The molecular weight excluding hydrogens is 440 g/mol. The van der Waals surface area contributed by atoms with Crippen molar-refractivity contribution in [1.29, 1.82) is 0 Å². The van der Waals surface area contributed by atoms with E-state index >= 15 is 0 Å². The van der Waals surface area contributed by atoms with Crippen LogP contribution in [0.2, 0.25) is 0 Å². The van der Waals surface area contributed by atoms with Crippen molar-refractivity contribution in [2.24, 2.45) is 10.9 Å². The van der Waals surface area contributed by atoms with Crippen molar-refractivity contribution in [1.82, 2.24) is 15.2 Å². The molecule has 3 heterocycles. The molecule has 0 saturated carbocycles. The van der Waals surface area contributed by atoms with Gasteiger partial charge < -0.3 is 31.5 Å². The highest BCUT2D eigenvalue weighted by Crippen LogP contribution is 2.40. The number of thiazole rings is 1. The number of carboxylic acids is 1. The summed E-state index contributed by atoms with van der Waals surface area (Å²) in [6, 6.07) is -0.992. The number of aliphatic carboxylic acids is 1. The predicted molar refractivity (Wildman–Crippen MR) is 105 cm³/mol. The number of carboxylic acid groups (broad SMARTS) is 1. The first-order chi connectivity index (χ1) is 14.2. The normalized spacial score (nSPS) is 20.9. The number of primary amides is 1. The van der Waals surface area contributed by atoms with Crippen molar-refractivity contribution in [2.75, 3.05) is 25.2 Å². The number of thioether (sulfide) groups is 1. The van der Waals surface area contributed by atoms with Crippen molar-refractivity contribution in [2.45, 2.75) is 11.4 Å². The fraction of sp³-hybridized carbons (Fsp3) is 0.333. The minimum Gasteiger partial charge on any atom is -0.477 e. The number of aromatic nitrogens is 1. The smallest absolute Gasteiger partial charge is 0.404 e. The maximum Gasteiger partial charge on any atom is 0.404 e. The van der Waals surface area contributed by atoms with Crippen molar-refractivity contribution in [3.8, 4) is 0 Å². The van der Waals surface area contributed by atoms with Gasteiger partial charge in [0, 0.05) is 16.7 Å². The van der Waals surface area contributed by atoms with Crippen LogP contribution in [-0.2, 0) is 24.0 Å². The molecule has 1 saturated heterocycles. The number of nitrogens with one attached hydrogen (secondary N) is 1. The van der Waals surface area contributed by atoms with E-state index in [-0.39, 0.29) is 40.2 Å². The number of hydrogen-bond donors (Lipinski definition) is 4. The Morgan fingerprint density at radius 1 is 1.47 bits per heavy atom. The average molecular weight is 456 g/mol. The number of carbonyl (C=O) groups excluding carboxylic acids is 3. The Kier molecular flexibility index (Phi) is 6.12. The molecule has 0 bridgehead atoms. The molecule has 0 aliphatic carbocycles. The molecule has 0 spiro atoms. The molecule has 2 aliphatic heterocycles. The van der Waals surface area contributed by atoms with Gasteiger partial charge >= 0.3 is 12.1 Å². The first-order valence-corrected chi connectivity index (χ1v) is 10.1. The molecule has 6 N–H and O–H groups in total. The molecule has 3 amide bonds. The van der Waals surface area contributed by atoms with Gasteiger partial charge in [-0.2, -0.15) is 0 Å². The molecule has 1 fully saturated rings. The molecule has 2 aliphatic rings. The topological polar surface area (TPSA) is 200 Å². The van der Waals surface area contributed by atoms with Crippen LogP contribution in [0.25, 0.3) is 0 Å². The Balaban J connectivity index is 1.77. The quantitative estimate of drug-likeness (QED) is 0.222. The highest BCUT2D eigenvalue weighted by molar-refractivity contribution is 8.00. The molecule has 1 unspecified atom stereocenters. The molecule has 1 aromatic rings. The van der Waals surface area contributed by atoms with Crippen molar-refractivity contribution < 1.29 is 33.9 Å². The van der Waals surface area contributed by atoms with Gasteiger partial charge in [-0.25, -0.2) is 14.6 Å². The third-order valence-corrected chi connectivity index (χ3v) is 6.10. The fourth-order valence-corrected chi connectivity index (χ4v) is 4.73. The number of nitrogen functional groups attached to an aromatic ring is 1. The first kappa shape index (κ1) is 21.4. The van der Waals surface area contributed by atoms with Gasteiger partial charge in [-0.3, -0.25) is 14.5 Å². The summed E-state index contributed by atoms with van der Waals surface area (Å²) in [6.07, 6.45) is -1.06. The summed E-state index contributed by atoms with van der Waals surface area (Å²) in [5, 5.41) is 16.8. The third kappa shape index (κ3) is 4.02. The minimum atomic E-state index is -1.36. The maximum absolute atomic E-state index is 12.6. The SMILES string of the molecule is CO/N=C(\C(=O)NC1C(=O)N2C(C(=O)O)=C(COC(N)=O)CS[C@H]12)c1csc(N)n1. The number of β-lactam (4-membered cyclic amide) rings is 1. The number of nitrogens with zero attached hydrogens (tertiary/aromatic N) is 3. The van der Waals surface area contributed by atoms with Gasteiger partial charge in [0.2, 0.25) is 0 Å². The van der Waals surface area contributed by atoms with Crippen LogP contribution in [0.3, 0.4) is 0 Å². The van der Waals surface area contributed by atoms with E-state index in [1.165, 1.54) is 24.3 Å². The van der Waals surface area contributed by atoms with E-state index in [9.17, 15) is 24.3 Å². The molecule has 0 radical (unpaired) electrons. The number of hydrogen-bond acceptors (Lipinski definition) is 11. The summed E-state index contributed by atoms with van der Waals surface area (Å²) in [7, 11) is 1.25. The monoisotopic (exact) mass is 456 g/mol. The van der Waals surface area contributed by atoms with Crippen molar-refractivity contribution >= 4 is 57.8 Å². The molecule has 1 aromatic heterocycles. The minimum absolute atomic E-state index is 0.164. The Morgan fingerprint density at radius 2 is 2.20 bits per heavy atom. The Morgan fingerprint density at radius 3 is 2.77 bits per heavy atom. The molecule has 2 atom stereocenters. The van der Waals surface area contributed by atoms with Crippen LogP contribution in [-0.4, -0.2) is 75.5 Å². The van der Waals surface area contributed by atoms with Gasteiger partial charge in [0.15, 0.2) is 10.8 Å². The number of carbonyl (C=O) groups is 4. The lowest BCUT2D eigenvalue weighted by Gasteiger charge is -2.49. The van der Waals surface area contributed by atoms with Crippen LogP contribution >= 0.6 is 23.1 Å². The van der Waals surface area contributed by atoms with Gasteiger partial charge in [-0.15, -0.1) is 23.1 Å². The number of amides is 3. The number of rotatable bonds is 7. The highest BCUT2D eigenvalue weighted by Gasteiger charge is 2.54. The number of oxime groups is 1. The van der Waals surface area contributed by atoms with Gasteiger partial charge in [0.25, 0.3) is 11.8 Å². The summed E-state index contributed by atoms with van der Waals surface area (Å²) < 4.78 is 4.66. The predicted octanol–water partition coefficient (Wildman–Crippen LogP) is -1.09. The van der Waals surface area contributed by atoms with Crippen LogP contribution < -0.4 is 16.8 Å². The van der Waals surface area contributed by atoms with Gasteiger partial charge in [-0.05, 0) is 0 Å². The number of nitrogens with two attached hydrogens (primary N) is 2. The molecule has 15 heteroatoms. The van der Waals surface area contributed by atoms with Crippen LogP contribution in [0.4, 0.5) is 9.93 Å². The maximum atomic E-state index is 12.6. The first-order valence-electron chi connectivity index (χ1n) is 8.20. The Labute approximate surface area is 177 Å². The summed E-state index contributed by atoms with van der Waals surface area (Å²) in [5.41, 5.74) is 10.4. The second kappa shape index (κ2) is 8.58. The second-order valence-electron chi connectivity index (χ2n) is 5.92. The summed E-state index contributed by atoms with van der Waals surface area (Å²) in [5.74, 6) is -2.56. The van der Waals surface area contributed by atoms with Crippen LogP contribution in [0.5, 0.6) is 0 Å². The zero-order valence-electron chi connectivity index (χ0n) is 15.4. The van der Waals surface area contributed by atoms with E-state index in [1.54, 1.807) is 0 Å². The standard InChI is InChI=1S/C15H16N6O7S2/c1-27-20-7(6-4-30-14(16)18-6)10(22)19-8-11(23)21-9(13(24)25)5(2-28-15(17)26)3-29-12(8)21/h4,8,12H,2-3H2,1H3,(H2,16,18)(H2,17,26)(H,19,22)(H,24,25)/b20-7-/t8?,12-/m1/s1. The molecule has 160 valence electrons. The summed E-state index contributed by atoms with van der Waals surface area (Å²) >= 11 is 2.30. The zero-order valence-corrected chi connectivity index (χ0v) is 17.0. The lowest BCUT2D eigenvalue weighted by atomic mass is 10.0. The van der Waals surface area contributed by atoms with Crippen molar-refractivity contribution in [3.05, 3.63) is 22.3 Å². The van der Waals surface area contributed by atoms with E-state index < -0.39 is 35.3 Å². The molecule has 13 nitrogen and oxygen atoms in total. The number of anilines is 1. The van der Waals surface area contributed by atoms with Gasteiger partial charge in [0.05, 0.1) is 0 Å². The largest absolute Gasteiger partial charge is 0.477 e. The van der Waals surface area contributed by atoms with E-state index in [0.717, 1.165) is 16.2 Å². The van der Waals surface area contributed by atoms with Crippen LogP contribution in [0.15, 0.2) is 21.8 Å². The van der Waals surface area contributed by atoms with E-state index in [4.69, 9.17) is 11.5 Å². The lowest BCUT2D eigenvalue weighted by Crippen LogP contribution is -2.71. The third-order valence-electron chi connectivity index (χ3n) is 4.09. The van der Waals surface area contributed by atoms with Gasteiger partial charge in [0.1, 0.15) is 36.5 Å². The molecule has 3 rings (SSSR count). The summed E-state index contributed by atoms with van der Waals surface area (Å²) in [6.45, 7) is -0.354. The number of ether oxygens (including phenoxy) is 1. The van der Waals surface area contributed by atoms with Crippen LogP contribution in [0.1, 0.15) is 5.69 Å². The van der Waals surface area contributed by atoms with Gasteiger partial charge in [-0.1, -0.05) is 5.16 Å². The summed E-state index contributed by atoms with van der Waals surface area (Å²) in [4.78, 5) is 57.4.